The van der Waals surface area contributed by atoms with Crippen molar-refractivity contribution in [2.45, 2.75) is 33.3 Å². The Morgan fingerprint density at radius 1 is 1.12 bits per heavy atom. The van der Waals surface area contributed by atoms with Gasteiger partial charge in [0.2, 0.25) is 0 Å². The van der Waals surface area contributed by atoms with E-state index < -0.39 is 0 Å². The number of carbonyl (C=O) groups excluding carboxylic acids is 1. The number of hydrogen-bond donors (Lipinski definition) is 0. The van der Waals surface area contributed by atoms with Gasteiger partial charge in [-0.3, -0.25) is 4.79 Å². The van der Waals surface area contributed by atoms with Crippen LogP contribution in [0.1, 0.15) is 46.8 Å². The van der Waals surface area contributed by atoms with Crippen molar-refractivity contribution in [2.75, 3.05) is 31.1 Å². The number of carbonyl (C=O) groups is 1. The van der Waals surface area contributed by atoms with Crippen LogP contribution in [0, 0.1) is 6.92 Å². The van der Waals surface area contributed by atoms with Gasteiger partial charge in [-0.05, 0) is 31.2 Å². The first kappa shape index (κ1) is 22.5. The first-order chi connectivity index (χ1) is 15.4. The topological polar surface area (TPSA) is 71.5 Å². The molecule has 1 aliphatic rings. The minimum atomic E-state index is -0.0413. The van der Waals surface area contributed by atoms with Gasteiger partial charge in [0.05, 0.1) is 0 Å². The van der Waals surface area contributed by atoms with Gasteiger partial charge in [0.25, 0.3) is 5.91 Å². The number of ether oxygens (including phenoxy) is 1. The second-order valence-corrected chi connectivity index (χ2v) is 9.41. The van der Waals surface area contributed by atoms with E-state index >= 15 is 0 Å². The molecule has 0 atom stereocenters. The van der Waals surface area contributed by atoms with Gasteiger partial charge in [0, 0.05) is 54.3 Å². The fraction of sp³-hybridized carbons (Fsp3) is 0.391. The lowest BCUT2D eigenvalue weighted by atomic mass is 10.2. The summed E-state index contributed by atoms with van der Waals surface area (Å²) in [4.78, 5) is 30.7. The van der Waals surface area contributed by atoms with E-state index in [4.69, 9.17) is 21.3 Å². The van der Waals surface area contributed by atoms with Crippen molar-refractivity contribution in [3.05, 3.63) is 63.0 Å². The van der Waals surface area contributed by atoms with Crippen LogP contribution in [-0.2, 0) is 6.61 Å². The fourth-order valence-corrected chi connectivity index (χ4v) is 4.25. The quantitative estimate of drug-likeness (QED) is 0.524. The minimum Gasteiger partial charge on any atom is -0.486 e. The molecule has 9 heteroatoms. The molecule has 1 aliphatic heterocycles. The Hall–Kier alpha value is -2.71. The Morgan fingerprint density at radius 2 is 1.84 bits per heavy atom. The Morgan fingerprint density at radius 3 is 2.53 bits per heavy atom. The summed E-state index contributed by atoms with van der Waals surface area (Å²) in [6.45, 7) is 9.23. The summed E-state index contributed by atoms with van der Waals surface area (Å²) in [5, 5.41) is 3.23. The smallest absolute Gasteiger partial charge is 0.273 e. The highest BCUT2D eigenvalue weighted by molar-refractivity contribution is 7.09. The van der Waals surface area contributed by atoms with Gasteiger partial charge in [-0.25, -0.2) is 15.0 Å². The monoisotopic (exact) mass is 471 g/mol. The molecule has 7 nitrogen and oxygen atoms in total. The first-order valence-electron chi connectivity index (χ1n) is 10.6. The molecule has 2 aromatic heterocycles. The van der Waals surface area contributed by atoms with E-state index in [9.17, 15) is 4.79 Å². The molecule has 32 heavy (non-hydrogen) atoms. The molecule has 4 rings (SSSR count). The molecule has 0 radical (unpaired) electrons. The zero-order chi connectivity index (χ0) is 22.7. The lowest BCUT2D eigenvalue weighted by Crippen LogP contribution is -2.49. The standard InChI is InChI=1S/C23H26ClN5O2S/c1-15(2)22-25-16(3)12-20(27-22)28-8-10-29(11-9-28)23(30)19-14-32-21(26-19)13-31-18-6-4-17(24)5-7-18/h4-7,12,14-15H,8-11,13H2,1-3H3. The maximum Gasteiger partial charge on any atom is 0.273 e. The number of benzene rings is 1. The van der Waals surface area contributed by atoms with E-state index in [1.165, 1.54) is 11.3 Å². The Kier molecular flexibility index (Phi) is 6.91. The van der Waals surface area contributed by atoms with E-state index in [0.29, 0.717) is 36.2 Å². The Bertz CT molecular complexity index is 1080. The molecule has 0 saturated carbocycles. The van der Waals surface area contributed by atoms with Crippen LogP contribution < -0.4 is 9.64 Å². The van der Waals surface area contributed by atoms with E-state index in [2.05, 4.69) is 28.7 Å². The lowest BCUT2D eigenvalue weighted by Gasteiger charge is -2.35. The van der Waals surface area contributed by atoms with Crippen molar-refractivity contribution in [2.24, 2.45) is 0 Å². The summed E-state index contributed by atoms with van der Waals surface area (Å²) in [6.07, 6.45) is 0. The summed E-state index contributed by atoms with van der Waals surface area (Å²) in [7, 11) is 0. The minimum absolute atomic E-state index is 0.0413. The molecule has 168 valence electrons. The van der Waals surface area contributed by atoms with Crippen LogP contribution in [0.3, 0.4) is 0 Å². The maximum atomic E-state index is 12.9. The van der Waals surface area contributed by atoms with Crippen molar-refractivity contribution < 1.29 is 9.53 Å². The number of nitrogens with zero attached hydrogens (tertiary/aromatic N) is 5. The summed E-state index contributed by atoms with van der Waals surface area (Å²) in [5.41, 5.74) is 1.44. The second kappa shape index (κ2) is 9.83. The highest BCUT2D eigenvalue weighted by Crippen LogP contribution is 2.21. The number of piperazine rings is 1. The fourth-order valence-electron chi connectivity index (χ4n) is 3.45. The van der Waals surface area contributed by atoms with E-state index in [0.717, 1.165) is 35.4 Å². The van der Waals surface area contributed by atoms with Crippen LogP contribution in [0.4, 0.5) is 5.82 Å². The first-order valence-corrected chi connectivity index (χ1v) is 11.9. The highest BCUT2D eigenvalue weighted by Gasteiger charge is 2.25. The van der Waals surface area contributed by atoms with Crippen LogP contribution in [0.25, 0.3) is 0 Å². The number of aryl methyl sites for hydroxylation is 1. The Labute approximate surface area is 197 Å². The highest BCUT2D eigenvalue weighted by atomic mass is 35.5. The third-order valence-electron chi connectivity index (χ3n) is 5.21. The number of aromatic nitrogens is 3. The van der Waals surface area contributed by atoms with Gasteiger partial charge in [-0.2, -0.15) is 0 Å². The molecule has 0 spiro atoms. The molecule has 1 amide bonds. The van der Waals surface area contributed by atoms with Crippen molar-refractivity contribution in [3.8, 4) is 5.75 Å². The molecule has 3 heterocycles. The molecule has 0 N–H and O–H groups in total. The van der Waals surface area contributed by atoms with Gasteiger partial charge < -0.3 is 14.5 Å². The molecular weight excluding hydrogens is 446 g/mol. The summed E-state index contributed by atoms with van der Waals surface area (Å²) in [6, 6.07) is 9.19. The van der Waals surface area contributed by atoms with E-state index in [-0.39, 0.29) is 11.8 Å². The van der Waals surface area contributed by atoms with Crippen molar-refractivity contribution >= 4 is 34.7 Å². The number of anilines is 1. The zero-order valence-corrected chi connectivity index (χ0v) is 20.0. The summed E-state index contributed by atoms with van der Waals surface area (Å²) >= 11 is 7.32. The van der Waals surface area contributed by atoms with Gasteiger partial charge in [-0.1, -0.05) is 25.4 Å². The predicted octanol–water partition coefficient (Wildman–Crippen LogP) is 4.56. The van der Waals surface area contributed by atoms with Gasteiger partial charge in [0.15, 0.2) is 0 Å². The van der Waals surface area contributed by atoms with Crippen LogP contribution in [0.5, 0.6) is 5.75 Å². The average molecular weight is 472 g/mol. The number of amides is 1. The average Bonchev–Trinajstić information content (AvgIpc) is 3.27. The number of hydrogen-bond acceptors (Lipinski definition) is 7. The molecule has 1 saturated heterocycles. The van der Waals surface area contributed by atoms with Crippen molar-refractivity contribution in [1.82, 2.24) is 19.9 Å². The molecule has 0 bridgehead atoms. The third-order valence-corrected chi connectivity index (χ3v) is 6.29. The molecule has 1 fully saturated rings. The summed E-state index contributed by atoms with van der Waals surface area (Å²) in [5.74, 6) is 2.74. The zero-order valence-electron chi connectivity index (χ0n) is 18.4. The van der Waals surface area contributed by atoms with Crippen LogP contribution in [0.2, 0.25) is 5.02 Å². The third kappa shape index (κ3) is 5.37. The molecule has 1 aromatic carbocycles. The molecule has 0 unspecified atom stereocenters. The predicted molar refractivity (Wildman–Crippen MR) is 127 cm³/mol. The van der Waals surface area contributed by atoms with E-state index in [1.54, 1.807) is 17.5 Å². The largest absolute Gasteiger partial charge is 0.486 e. The number of thiazole rings is 1. The van der Waals surface area contributed by atoms with Gasteiger partial charge >= 0.3 is 0 Å². The molecular formula is C23H26ClN5O2S. The van der Waals surface area contributed by atoms with Crippen LogP contribution in [0.15, 0.2) is 35.7 Å². The maximum absolute atomic E-state index is 12.9. The van der Waals surface area contributed by atoms with Gasteiger partial charge in [0.1, 0.15) is 34.7 Å². The lowest BCUT2D eigenvalue weighted by molar-refractivity contribution is 0.0741. The van der Waals surface area contributed by atoms with Crippen molar-refractivity contribution in [3.63, 3.8) is 0 Å². The molecule has 3 aromatic rings. The van der Waals surface area contributed by atoms with Crippen LogP contribution >= 0.6 is 22.9 Å². The number of halogens is 1. The van der Waals surface area contributed by atoms with Gasteiger partial charge in [-0.15, -0.1) is 11.3 Å². The normalized spacial score (nSPS) is 14.2. The second-order valence-electron chi connectivity index (χ2n) is 8.03. The molecule has 0 aliphatic carbocycles. The SMILES string of the molecule is Cc1cc(N2CCN(C(=O)c3csc(COc4ccc(Cl)cc4)n3)CC2)nc(C(C)C)n1. The van der Waals surface area contributed by atoms with Crippen molar-refractivity contribution in [1.29, 1.82) is 0 Å². The Balaban J connectivity index is 1.33. The summed E-state index contributed by atoms with van der Waals surface area (Å²) < 4.78 is 5.73. The van der Waals surface area contributed by atoms with E-state index in [1.807, 2.05) is 30.0 Å². The number of rotatable bonds is 6. The van der Waals surface area contributed by atoms with Crippen LogP contribution in [-0.4, -0.2) is 51.9 Å².